The van der Waals surface area contributed by atoms with E-state index in [-0.39, 0.29) is 24.4 Å². The Bertz CT molecular complexity index is 977. The molecule has 1 heterocycles. The van der Waals surface area contributed by atoms with Gasteiger partial charge in [0.25, 0.3) is 0 Å². The number of rotatable bonds is 6. The van der Waals surface area contributed by atoms with Gasteiger partial charge in [-0.1, -0.05) is 78.9 Å². The average molecular weight is 449 g/mol. The lowest BCUT2D eigenvalue weighted by Crippen LogP contribution is -2.49. The molecule has 3 aromatic carbocycles. The molecule has 0 atom stereocenters. The highest BCUT2D eigenvalue weighted by Crippen LogP contribution is 2.29. The molecule has 4 nitrogen and oxygen atoms in total. The van der Waals surface area contributed by atoms with Crippen LogP contribution in [0.3, 0.4) is 0 Å². The summed E-state index contributed by atoms with van der Waals surface area (Å²) < 4.78 is 5.36. The first-order chi connectivity index (χ1) is 15.3. The van der Waals surface area contributed by atoms with Crippen LogP contribution >= 0.6 is 12.4 Å². The summed E-state index contributed by atoms with van der Waals surface area (Å²) in [6.07, 6.45) is 3.49. The van der Waals surface area contributed by atoms with Crippen LogP contribution in [0.2, 0.25) is 0 Å². The van der Waals surface area contributed by atoms with Gasteiger partial charge in [-0.3, -0.25) is 9.69 Å². The minimum absolute atomic E-state index is 0. The third-order valence-electron chi connectivity index (χ3n) is 5.77. The molecule has 1 amide bonds. The van der Waals surface area contributed by atoms with Gasteiger partial charge in [-0.25, -0.2) is 0 Å². The van der Waals surface area contributed by atoms with Crippen LogP contribution in [0.25, 0.3) is 6.08 Å². The van der Waals surface area contributed by atoms with Gasteiger partial charge < -0.3 is 9.64 Å². The lowest BCUT2D eigenvalue weighted by Gasteiger charge is -2.39. The Morgan fingerprint density at radius 3 is 1.91 bits per heavy atom. The fourth-order valence-electron chi connectivity index (χ4n) is 4.16. The van der Waals surface area contributed by atoms with E-state index < -0.39 is 0 Å². The maximum atomic E-state index is 12.8. The maximum Gasteiger partial charge on any atom is 0.246 e. The van der Waals surface area contributed by atoms with Crippen molar-refractivity contribution in [2.75, 3.05) is 33.3 Å². The molecule has 32 heavy (non-hydrogen) atoms. The first-order valence-corrected chi connectivity index (χ1v) is 10.7. The number of ether oxygens (including phenoxy) is 1. The van der Waals surface area contributed by atoms with Crippen molar-refractivity contribution in [3.8, 4) is 5.75 Å². The highest BCUT2D eigenvalue weighted by Gasteiger charge is 2.27. The number of piperazine rings is 1. The molecule has 1 aliphatic heterocycles. The Morgan fingerprint density at radius 2 is 1.34 bits per heavy atom. The van der Waals surface area contributed by atoms with E-state index in [1.165, 1.54) is 11.1 Å². The van der Waals surface area contributed by atoms with Crippen molar-refractivity contribution in [2.45, 2.75) is 6.04 Å². The summed E-state index contributed by atoms with van der Waals surface area (Å²) in [6, 6.07) is 29.1. The van der Waals surface area contributed by atoms with Crippen molar-refractivity contribution in [3.63, 3.8) is 0 Å². The molecule has 4 rings (SSSR count). The van der Waals surface area contributed by atoms with Crippen molar-refractivity contribution >= 4 is 24.4 Å². The molecular weight excluding hydrogens is 420 g/mol. The first kappa shape index (κ1) is 23.6. The van der Waals surface area contributed by atoms with E-state index in [0.717, 1.165) is 24.4 Å². The molecule has 5 heteroatoms. The Balaban J connectivity index is 0.00000289. The fraction of sp³-hybridized carbons (Fsp3) is 0.222. The quantitative estimate of drug-likeness (QED) is 0.494. The van der Waals surface area contributed by atoms with Gasteiger partial charge in [0.15, 0.2) is 0 Å². The van der Waals surface area contributed by atoms with Gasteiger partial charge in [-0.2, -0.15) is 0 Å². The summed E-state index contributed by atoms with van der Waals surface area (Å²) in [5, 5.41) is 0. The zero-order valence-corrected chi connectivity index (χ0v) is 19.1. The van der Waals surface area contributed by atoms with Gasteiger partial charge in [-0.05, 0) is 23.3 Å². The number of para-hydroxylation sites is 1. The van der Waals surface area contributed by atoms with Gasteiger partial charge in [0.05, 0.1) is 13.2 Å². The molecule has 0 saturated carbocycles. The van der Waals surface area contributed by atoms with Crippen molar-refractivity contribution in [2.24, 2.45) is 0 Å². The van der Waals surface area contributed by atoms with E-state index in [1.54, 1.807) is 13.2 Å². The fourth-order valence-corrected chi connectivity index (χ4v) is 4.16. The topological polar surface area (TPSA) is 32.8 Å². The van der Waals surface area contributed by atoms with E-state index in [4.69, 9.17) is 4.74 Å². The number of amides is 1. The lowest BCUT2D eigenvalue weighted by atomic mass is 9.96. The van der Waals surface area contributed by atoms with Crippen LogP contribution in [0, 0.1) is 0 Å². The minimum Gasteiger partial charge on any atom is -0.496 e. The Labute approximate surface area is 196 Å². The highest BCUT2D eigenvalue weighted by atomic mass is 35.5. The predicted octanol–water partition coefficient (Wildman–Crippen LogP) is 5.06. The molecule has 1 fully saturated rings. The summed E-state index contributed by atoms with van der Waals surface area (Å²) in [5.74, 6) is 0.812. The number of benzene rings is 3. The third-order valence-corrected chi connectivity index (χ3v) is 5.77. The van der Waals surface area contributed by atoms with Gasteiger partial charge in [-0.15, -0.1) is 12.4 Å². The Hall–Kier alpha value is -3.08. The number of carbonyl (C=O) groups is 1. The number of halogens is 1. The van der Waals surface area contributed by atoms with Gasteiger partial charge in [0, 0.05) is 37.8 Å². The number of methoxy groups -OCH3 is 1. The van der Waals surface area contributed by atoms with E-state index in [0.29, 0.717) is 13.1 Å². The minimum atomic E-state index is 0. The molecule has 166 valence electrons. The third kappa shape index (κ3) is 5.58. The van der Waals surface area contributed by atoms with Crippen LogP contribution in [-0.2, 0) is 4.79 Å². The zero-order chi connectivity index (χ0) is 21.5. The molecule has 0 radical (unpaired) electrons. The van der Waals surface area contributed by atoms with Crippen molar-refractivity contribution in [1.29, 1.82) is 0 Å². The number of nitrogens with zero attached hydrogens (tertiary/aromatic N) is 2. The van der Waals surface area contributed by atoms with E-state index in [1.807, 2.05) is 35.2 Å². The predicted molar refractivity (Wildman–Crippen MR) is 132 cm³/mol. The summed E-state index contributed by atoms with van der Waals surface area (Å²) in [6.45, 7) is 3.10. The number of hydrogen-bond donors (Lipinski definition) is 0. The SMILES string of the molecule is COc1ccccc1/C=C/C(=O)N1CCN(C(c2ccccc2)c2ccccc2)CC1.Cl. The Morgan fingerprint density at radius 1 is 0.812 bits per heavy atom. The van der Waals surface area contributed by atoms with Crippen LogP contribution in [-0.4, -0.2) is 49.0 Å². The molecule has 0 bridgehead atoms. The normalized spacial score (nSPS) is 14.4. The molecular formula is C27H29ClN2O2. The van der Waals surface area contributed by atoms with E-state index in [2.05, 4.69) is 65.6 Å². The largest absolute Gasteiger partial charge is 0.496 e. The summed E-state index contributed by atoms with van der Waals surface area (Å²) in [4.78, 5) is 17.2. The molecule has 0 spiro atoms. The monoisotopic (exact) mass is 448 g/mol. The summed E-state index contributed by atoms with van der Waals surface area (Å²) in [7, 11) is 1.64. The second kappa shape index (κ2) is 11.5. The van der Waals surface area contributed by atoms with Crippen LogP contribution in [0.15, 0.2) is 91.0 Å². The van der Waals surface area contributed by atoms with Gasteiger partial charge in [0.2, 0.25) is 5.91 Å². The second-order valence-electron chi connectivity index (χ2n) is 7.66. The first-order valence-electron chi connectivity index (χ1n) is 10.7. The molecule has 0 aliphatic carbocycles. The van der Waals surface area contributed by atoms with Crippen LogP contribution in [0.1, 0.15) is 22.7 Å². The van der Waals surface area contributed by atoms with Crippen molar-refractivity contribution in [1.82, 2.24) is 9.80 Å². The van der Waals surface area contributed by atoms with E-state index in [9.17, 15) is 4.79 Å². The lowest BCUT2D eigenvalue weighted by molar-refractivity contribution is -0.127. The van der Waals surface area contributed by atoms with Gasteiger partial charge >= 0.3 is 0 Å². The molecule has 0 N–H and O–H groups in total. The average Bonchev–Trinajstić information content (AvgIpc) is 2.84. The summed E-state index contributed by atoms with van der Waals surface area (Å²) >= 11 is 0. The molecule has 1 aliphatic rings. The molecule has 0 unspecified atom stereocenters. The second-order valence-corrected chi connectivity index (χ2v) is 7.66. The molecule has 3 aromatic rings. The summed E-state index contributed by atoms with van der Waals surface area (Å²) in [5.41, 5.74) is 3.47. The molecule has 1 saturated heterocycles. The standard InChI is InChI=1S/C27H28N2O2.ClH/c1-31-25-15-9-8-10-22(25)16-17-26(30)28-18-20-29(21-19-28)27(23-11-4-2-5-12-23)24-13-6-3-7-14-24;/h2-17,27H,18-21H2,1H3;1H/b17-16+;. The number of carbonyl (C=O) groups excluding carboxylic acids is 1. The van der Waals surface area contributed by atoms with Crippen LogP contribution in [0.4, 0.5) is 0 Å². The smallest absolute Gasteiger partial charge is 0.246 e. The number of hydrogen-bond acceptors (Lipinski definition) is 3. The van der Waals surface area contributed by atoms with Gasteiger partial charge in [0.1, 0.15) is 5.75 Å². The van der Waals surface area contributed by atoms with E-state index >= 15 is 0 Å². The highest BCUT2D eigenvalue weighted by molar-refractivity contribution is 5.92. The van der Waals surface area contributed by atoms with Crippen LogP contribution < -0.4 is 4.74 Å². The zero-order valence-electron chi connectivity index (χ0n) is 18.3. The molecule has 0 aromatic heterocycles. The van der Waals surface area contributed by atoms with Crippen LogP contribution in [0.5, 0.6) is 5.75 Å². The van der Waals surface area contributed by atoms with Crippen molar-refractivity contribution in [3.05, 3.63) is 108 Å². The van der Waals surface area contributed by atoms with Crippen molar-refractivity contribution < 1.29 is 9.53 Å². The Kier molecular flexibility index (Phi) is 8.48. The maximum absolute atomic E-state index is 12.8.